The van der Waals surface area contributed by atoms with Crippen LogP contribution in [0, 0.1) is 11.3 Å². The highest BCUT2D eigenvalue weighted by Gasteiger charge is 2.12. The third kappa shape index (κ3) is 5.10. The van der Waals surface area contributed by atoms with Crippen molar-refractivity contribution in [1.29, 1.82) is 5.26 Å². The van der Waals surface area contributed by atoms with Gasteiger partial charge in [-0.2, -0.15) is 5.26 Å². The predicted octanol–water partition coefficient (Wildman–Crippen LogP) is 5.34. The van der Waals surface area contributed by atoms with Crippen molar-refractivity contribution >= 4 is 33.8 Å². The first kappa shape index (κ1) is 19.9. The summed E-state index contributed by atoms with van der Waals surface area (Å²) in [7, 11) is 0. The lowest BCUT2D eigenvalue weighted by atomic mass is 10.2. The van der Waals surface area contributed by atoms with E-state index in [0.29, 0.717) is 46.1 Å². The smallest absolute Gasteiger partial charge is 0.153 e. The Labute approximate surface area is 175 Å². The Hall–Kier alpha value is -2.88. The van der Waals surface area contributed by atoms with Gasteiger partial charge in [0.15, 0.2) is 6.29 Å². The lowest BCUT2D eigenvalue weighted by molar-refractivity contribution is 0.111. The molecule has 1 aromatic heterocycles. The Balaban J connectivity index is 1.77. The second-order valence-electron chi connectivity index (χ2n) is 5.84. The van der Waals surface area contributed by atoms with Gasteiger partial charge in [0.05, 0.1) is 16.1 Å². The lowest BCUT2D eigenvalue weighted by Crippen LogP contribution is -2.02. The minimum Gasteiger partial charge on any atom is -0.488 e. The fraction of sp³-hybridized carbons (Fsp3) is 0.0952. The molecule has 3 rings (SSSR count). The quantitative estimate of drug-likeness (QED) is 0.448. The van der Waals surface area contributed by atoms with E-state index in [-0.39, 0.29) is 6.61 Å². The van der Waals surface area contributed by atoms with Crippen molar-refractivity contribution in [1.82, 2.24) is 4.98 Å². The highest BCUT2D eigenvalue weighted by Crippen LogP contribution is 2.33. The Morgan fingerprint density at radius 1 is 1.07 bits per heavy atom. The molecule has 0 fully saturated rings. The van der Waals surface area contributed by atoms with Crippen molar-refractivity contribution in [3.05, 3.63) is 86.6 Å². The zero-order valence-corrected chi connectivity index (χ0v) is 16.9. The van der Waals surface area contributed by atoms with Gasteiger partial charge in [0.2, 0.25) is 0 Å². The van der Waals surface area contributed by atoms with Crippen LogP contribution in [-0.4, -0.2) is 11.3 Å². The van der Waals surface area contributed by atoms with E-state index in [9.17, 15) is 4.79 Å². The van der Waals surface area contributed by atoms with Gasteiger partial charge in [0, 0.05) is 28.5 Å². The number of halogens is 2. The number of nitriles is 1. The molecule has 0 aliphatic carbocycles. The van der Waals surface area contributed by atoms with Crippen LogP contribution < -0.4 is 9.47 Å². The maximum Gasteiger partial charge on any atom is 0.153 e. The molecule has 0 aliphatic heterocycles. The molecule has 0 saturated carbocycles. The molecule has 7 heteroatoms. The molecule has 0 amide bonds. The zero-order valence-electron chi connectivity index (χ0n) is 14.6. The predicted molar refractivity (Wildman–Crippen MR) is 109 cm³/mol. The van der Waals surface area contributed by atoms with Crippen LogP contribution in [0.25, 0.3) is 0 Å². The molecule has 2 aromatic carbocycles. The number of carbonyl (C=O) groups is 1. The van der Waals surface area contributed by atoms with Crippen molar-refractivity contribution in [3.8, 4) is 17.6 Å². The fourth-order valence-electron chi connectivity index (χ4n) is 2.45. The number of ether oxygens (including phenoxy) is 2. The van der Waals surface area contributed by atoms with Crippen LogP contribution in [0.4, 0.5) is 0 Å². The van der Waals surface area contributed by atoms with Crippen LogP contribution in [-0.2, 0) is 13.2 Å². The van der Waals surface area contributed by atoms with Crippen molar-refractivity contribution < 1.29 is 14.3 Å². The molecule has 28 heavy (non-hydrogen) atoms. The third-order valence-electron chi connectivity index (χ3n) is 3.79. The maximum atomic E-state index is 11.4. The van der Waals surface area contributed by atoms with E-state index in [0.717, 1.165) is 10.0 Å². The van der Waals surface area contributed by atoms with E-state index >= 15 is 0 Å². The number of benzene rings is 2. The van der Waals surface area contributed by atoms with Crippen LogP contribution in [0.5, 0.6) is 11.5 Å². The molecule has 5 nitrogen and oxygen atoms in total. The average Bonchev–Trinajstić information content (AvgIpc) is 2.71. The van der Waals surface area contributed by atoms with Gasteiger partial charge < -0.3 is 9.47 Å². The zero-order chi connectivity index (χ0) is 19.9. The molecule has 0 N–H and O–H groups in total. The number of hydrogen-bond donors (Lipinski definition) is 0. The number of nitrogens with zero attached hydrogens (tertiary/aromatic N) is 2. The molecule has 0 spiro atoms. The highest BCUT2D eigenvalue weighted by atomic mass is 79.9. The SMILES string of the molecule is N#Cc1cncc(COc2cc(OCc3cccc(Br)c3)c(Cl)cc2C=O)c1. The molecule has 0 aliphatic rings. The topological polar surface area (TPSA) is 72.2 Å². The Kier molecular flexibility index (Phi) is 6.64. The number of hydrogen-bond acceptors (Lipinski definition) is 5. The van der Waals surface area contributed by atoms with Crippen LogP contribution in [0.3, 0.4) is 0 Å². The minimum atomic E-state index is 0.149. The van der Waals surface area contributed by atoms with Crippen LogP contribution in [0.15, 0.2) is 59.3 Å². The number of aldehydes is 1. The van der Waals surface area contributed by atoms with E-state index in [1.165, 1.54) is 12.3 Å². The van der Waals surface area contributed by atoms with Crippen molar-refractivity contribution in [2.75, 3.05) is 0 Å². The second-order valence-corrected chi connectivity index (χ2v) is 7.16. The van der Waals surface area contributed by atoms with E-state index in [2.05, 4.69) is 20.9 Å². The van der Waals surface area contributed by atoms with E-state index in [1.54, 1.807) is 18.3 Å². The van der Waals surface area contributed by atoms with Gasteiger partial charge in [-0.15, -0.1) is 0 Å². The first-order valence-corrected chi connectivity index (χ1v) is 9.39. The molecule has 1 heterocycles. The van der Waals surface area contributed by atoms with Crippen LogP contribution in [0.1, 0.15) is 27.0 Å². The Morgan fingerprint density at radius 3 is 2.61 bits per heavy atom. The second kappa shape index (κ2) is 9.36. The average molecular weight is 458 g/mol. The van der Waals surface area contributed by atoms with Crippen molar-refractivity contribution in [2.24, 2.45) is 0 Å². The first-order chi connectivity index (χ1) is 13.6. The molecule has 0 bridgehead atoms. The Morgan fingerprint density at radius 2 is 1.86 bits per heavy atom. The summed E-state index contributed by atoms with van der Waals surface area (Å²) in [6, 6.07) is 14.5. The summed E-state index contributed by atoms with van der Waals surface area (Å²) in [5.74, 6) is 0.747. The largest absolute Gasteiger partial charge is 0.488 e. The summed E-state index contributed by atoms with van der Waals surface area (Å²) < 4.78 is 12.5. The van der Waals surface area contributed by atoms with E-state index < -0.39 is 0 Å². The van der Waals surface area contributed by atoms with Crippen molar-refractivity contribution in [2.45, 2.75) is 13.2 Å². The maximum absolute atomic E-state index is 11.4. The minimum absolute atomic E-state index is 0.149. The van der Waals surface area contributed by atoms with Gasteiger partial charge >= 0.3 is 0 Å². The summed E-state index contributed by atoms with van der Waals surface area (Å²) in [6.45, 7) is 0.462. The molecular weight excluding hydrogens is 444 g/mol. The molecular formula is C21H14BrClN2O3. The molecule has 3 aromatic rings. The normalized spacial score (nSPS) is 10.2. The first-order valence-electron chi connectivity index (χ1n) is 8.22. The van der Waals surface area contributed by atoms with Crippen molar-refractivity contribution in [3.63, 3.8) is 0 Å². The Bertz CT molecular complexity index is 1050. The monoisotopic (exact) mass is 456 g/mol. The van der Waals surface area contributed by atoms with Gasteiger partial charge in [-0.1, -0.05) is 39.7 Å². The van der Waals surface area contributed by atoms with Crippen LogP contribution >= 0.6 is 27.5 Å². The van der Waals surface area contributed by atoms with Crippen LogP contribution in [0.2, 0.25) is 5.02 Å². The molecule has 0 unspecified atom stereocenters. The summed E-state index contributed by atoms with van der Waals surface area (Å²) >= 11 is 9.66. The highest BCUT2D eigenvalue weighted by molar-refractivity contribution is 9.10. The van der Waals surface area contributed by atoms with E-state index in [1.807, 2.05) is 30.3 Å². The lowest BCUT2D eigenvalue weighted by Gasteiger charge is -2.13. The van der Waals surface area contributed by atoms with E-state index in [4.69, 9.17) is 26.3 Å². The summed E-state index contributed by atoms with van der Waals surface area (Å²) in [4.78, 5) is 15.4. The summed E-state index contributed by atoms with van der Waals surface area (Å²) in [5, 5.41) is 9.27. The summed E-state index contributed by atoms with van der Waals surface area (Å²) in [6.07, 6.45) is 3.74. The fourth-order valence-corrected chi connectivity index (χ4v) is 3.13. The molecule has 140 valence electrons. The number of pyridine rings is 1. The standard InChI is InChI=1S/C21H14BrClN2O3/c22-18-3-1-2-14(5-18)12-28-21-7-20(17(11-26)6-19(21)23)27-13-16-4-15(8-24)9-25-10-16/h1-7,9-11H,12-13H2. The van der Waals surface area contributed by atoms with Gasteiger partial charge in [0.25, 0.3) is 0 Å². The number of carbonyl (C=O) groups excluding carboxylic acids is 1. The molecule has 0 radical (unpaired) electrons. The van der Waals surface area contributed by atoms with Gasteiger partial charge in [-0.3, -0.25) is 9.78 Å². The molecule has 0 atom stereocenters. The number of aromatic nitrogens is 1. The van der Waals surface area contributed by atoms with Gasteiger partial charge in [-0.25, -0.2) is 0 Å². The number of rotatable bonds is 7. The molecule has 0 saturated heterocycles. The summed E-state index contributed by atoms with van der Waals surface area (Å²) in [5.41, 5.74) is 2.42. The third-order valence-corrected chi connectivity index (χ3v) is 4.58. The van der Waals surface area contributed by atoms with Gasteiger partial charge in [-0.05, 0) is 29.8 Å². The van der Waals surface area contributed by atoms with Gasteiger partial charge in [0.1, 0.15) is 30.8 Å².